The second-order valence-corrected chi connectivity index (χ2v) is 4.87. The molecule has 100 valence electrons. The Kier molecular flexibility index (Phi) is 4.66. The van der Waals surface area contributed by atoms with E-state index >= 15 is 0 Å². The number of aromatic nitrogens is 1. The predicted octanol–water partition coefficient (Wildman–Crippen LogP) is 2.84. The first-order valence-electron chi connectivity index (χ1n) is 6.64. The van der Waals surface area contributed by atoms with Crippen LogP contribution in [-0.2, 0) is 6.42 Å². The lowest BCUT2D eigenvalue weighted by Gasteiger charge is -2.19. The molecule has 0 spiro atoms. The second-order valence-electron chi connectivity index (χ2n) is 4.87. The summed E-state index contributed by atoms with van der Waals surface area (Å²) in [6.07, 6.45) is 3.69. The number of benzene rings is 1. The van der Waals surface area contributed by atoms with Crippen LogP contribution in [0.3, 0.4) is 0 Å². The maximum absolute atomic E-state index is 5.72. The van der Waals surface area contributed by atoms with E-state index in [1.165, 1.54) is 16.7 Å². The lowest BCUT2D eigenvalue weighted by molar-refractivity contribution is 0.511. The number of rotatable bonds is 5. The highest BCUT2D eigenvalue weighted by Gasteiger charge is 2.13. The molecule has 0 bridgehead atoms. The molecule has 2 rings (SSSR count). The van der Waals surface area contributed by atoms with Crippen molar-refractivity contribution >= 4 is 0 Å². The van der Waals surface area contributed by atoms with Crippen LogP contribution in [0.5, 0.6) is 0 Å². The van der Waals surface area contributed by atoms with Crippen LogP contribution in [0.1, 0.15) is 34.8 Å². The third kappa shape index (κ3) is 3.40. The maximum Gasteiger partial charge on any atom is 0.0466 e. The van der Waals surface area contributed by atoms with Crippen LogP contribution in [0.2, 0.25) is 0 Å². The van der Waals surface area contributed by atoms with E-state index in [-0.39, 0.29) is 6.04 Å². The van der Waals surface area contributed by atoms with Crippen LogP contribution in [0.4, 0.5) is 0 Å². The lowest BCUT2D eigenvalue weighted by Crippen LogP contribution is -2.29. The lowest BCUT2D eigenvalue weighted by atomic mass is 9.94. The molecule has 0 fully saturated rings. The normalized spacial score (nSPS) is 12.4. The quantitative estimate of drug-likeness (QED) is 0.638. The predicted molar refractivity (Wildman–Crippen MR) is 78.5 cm³/mol. The Morgan fingerprint density at radius 2 is 2.00 bits per heavy atom. The fourth-order valence-electron chi connectivity index (χ4n) is 2.32. The standard InChI is InChI=1S/C16H21N3/c1-12-6-5-8-15(13(12)2)16(19-17)10-9-14-7-3-4-11-18-14/h3-8,11,16,19H,9-10,17H2,1-2H3. The van der Waals surface area contributed by atoms with Gasteiger partial charge < -0.3 is 0 Å². The van der Waals surface area contributed by atoms with Crippen molar-refractivity contribution in [3.8, 4) is 0 Å². The van der Waals surface area contributed by atoms with Crippen molar-refractivity contribution in [1.82, 2.24) is 10.4 Å². The van der Waals surface area contributed by atoms with Crippen molar-refractivity contribution < 1.29 is 0 Å². The van der Waals surface area contributed by atoms with Gasteiger partial charge in [0.05, 0.1) is 0 Å². The molecular formula is C16H21N3. The largest absolute Gasteiger partial charge is 0.271 e. The van der Waals surface area contributed by atoms with E-state index in [9.17, 15) is 0 Å². The zero-order valence-electron chi connectivity index (χ0n) is 11.6. The molecule has 3 N–H and O–H groups in total. The Hall–Kier alpha value is -1.71. The topological polar surface area (TPSA) is 50.9 Å². The van der Waals surface area contributed by atoms with Crippen LogP contribution in [0.25, 0.3) is 0 Å². The van der Waals surface area contributed by atoms with Crippen LogP contribution in [-0.4, -0.2) is 4.98 Å². The first kappa shape index (κ1) is 13.7. The molecule has 3 heteroatoms. The molecule has 1 heterocycles. The van der Waals surface area contributed by atoms with Crippen molar-refractivity contribution in [2.45, 2.75) is 32.7 Å². The van der Waals surface area contributed by atoms with Gasteiger partial charge >= 0.3 is 0 Å². The minimum atomic E-state index is 0.168. The van der Waals surface area contributed by atoms with Gasteiger partial charge in [0.2, 0.25) is 0 Å². The molecule has 1 aromatic carbocycles. The SMILES string of the molecule is Cc1cccc(C(CCc2ccccn2)NN)c1C. The van der Waals surface area contributed by atoms with Crippen molar-refractivity contribution in [1.29, 1.82) is 0 Å². The van der Waals surface area contributed by atoms with Gasteiger partial charge in [0.25, 0.3) is 0 Å². The summed E-state index contributed by atoms with van der Waals surface area (Å²) < 4.78 is 0. The molecule has 0 radical (unpaired) electrons. The fourth-order valence-corrected chi connectivity index (χ4v) is 2.32. The number of aryl methyl sites for hydroxylation is 2. The summed E-state index contributed by atoms with van der Waals surface area (Å²) in [5.74, 6) is 5.72. The first-order valence-corrected chi connectivity index (χ1v) is 6.64. The number of nitrogens with two attached hydrogens (primary N) is 1. The number of nitrogens with zero attached hydrogens (tertiary/aromatic N) is 1. The van der Waals surface area contributed by atoms with Gasteiger partial charge in [0.1, 0.15) is 0 Å². The molecule has 0 aliphatic heterocycles. The fraction of sp³-hybridized carbons (Fsp3) is 0.312. The molecular weight excluding hydrogens is 234 g/mol. The van der Waals surface area contributed by atoms with Gasteiger partial charge in [-0.3, -0.25) is 16.3 Å². The number of nitrogens with one attached hydrogen (secondary N) is 1. The van der Waals surface area contributed by atoms with Crippen molar-refractivity contribution in [2.75, 3.05) is 0 Å². The minimum Gasteiger partial charge on any atom is -0.271 e. The first-order chi connectivity index (χ1) is 9.22. The highest BCUT2D eigenvalue weighted by Crippen LogP contribution is 2.23. The average Bonchev–Trinajstić information content (AvgIpc) is 2.45. The van der Waals surface area contributed by atoms with Crippen LogP contribution < -0.4 is 11.3 Å². The zero-order valence-corrected chi connectivity index (χ0v) is 11.6. The molecule has 3 nitrogen and oxygen atoms in total. The number of hydrogen-bond acceptors (Lipinski definition) is 3. The minimum absolute atomic E-state index is 0.168. The van der Waals surface area contributed by atoms with Gasteiger partial charge in [-0.1, -0.05) is 24.3 Å². The Morgan fingerprint density at radius 1 is 1.16 bits per heavy atom. The Morgan fingerprint density at radius 3 is 2.68 bits per heavy atom. The molecule has 0 amide bonds. The third-order valence-electron chi connectivity index (χ3n) is 3.64. The van der Waals surface area contributed by atoms with E-state index in [0.29, 0.717) is 0 Å². The number of hydrogen-bond donors (Lipinski definition) is 2. The highest BCUT2D eigenvalue weighted by molar-refractivity contribution is 5.35. The van der Waals surface area contributed by atoms with E-state index < -0.39 is 0 Å². The number of hydrazine groups is 1. The highest BCUT2D eigenvalue weighted by atomic mass is 15.2. The smallest absolute Gasteiger partial charge is 0.0466 e. The van der Waals surface area contributed by atoms with Crippen LogP contribution >= 0.6 is 0 Å². The summed E-state index contributed by atoms with van der Waals surface area (Å²) in [6, 6.07) is 12.5. The zero-order chi connectivity index (χ0) is 13.7. The van der Waals surface area contributed by atoms with Gasteiger partial charge in [0, 0.05) is 17.9 Å². The second kappa shape index (κ2) is 6.45. The van der Waals surface area contributed by atoms with Gasteiger partial charge in [-0.15, -0.1) is 0 Å². The van der Waals surface area contributed by atoms with E-state index in [4.69, 9.17) is 5.84 Å². The summed E-state index contributed by atoms with van der Waals surface area (Å²) in [7, 11) is 0. The van der Waals surface area contributed by atoms with E-state index in [0.717, 1.165) is 18.5 Å². The summed E-state index contributed by atoms with van der Waals surface area (Å²) in [5.41, 5.74) is 7.92. The van der Waals surface area contributed by atoms with Crippen molar-refractivity contribution in [3.05, 3.63) is 65.0 Å². The van der Waals surface area contributed by atoms with Gasteiger partial charge in [-0.25, -0.2) is 0 Å². The summed E-state index contributed by atoms with van der Waals surface area (Å²) >= 11 is 0. The average molecular weight is 255 g/mol. The summed E-state index contributed by atoms with van der Waals surface area (Å²) in [4.78, 5) is 4.35. The van der Waals surface area contributed by atoms with Crippen LogP contribution in [0.15, 0.2) is 42.6 Å². The number of pyridine rings is 1. The molecule has 0 saturated heterocycles. The molecule has 0 saturated carbocycles. The van der Waals surface area contributed by atoms with E-state index in [1.54, 1.807) is 0 Å². The van der Waals surface area contributed by atoms with Gasteiger partial charge in [0.15, 0.2) is 0 Å². The molecule has 19 heavy (non-hydrogen) atoms. The van der Waals surface area contributed by atoms with Crippen LogP contribution in [0, 0.1) is 13.8 Å². The Balaban J connectivity index is 2.10. The molecule has 1 atom stereocenters. The van der Waals surface area contributed by atoms with Crippen molar-refractivity contribution in [2.24, 2.45) is 5.84 Å². The molecule has 0 aliphatic rings. The Labute approximate surface area is 114 Å². The molecule has 0 aliphatic carbocycles. The Bertz CT molecular complexity index is 523. The van der Waals surface area contributed by atoms with Gasteiger partial charge in [-0.05, 0) is 55.5 Å². The van der Waals surface area contributed by atoms with Gasteiger partial charge in [-0.2, -0.15) is 0 Å². The summed E-state index contributed by atoms with van der Waals surface area (Å²) in [5, 5.41) is 0. The van der Waals surface area contributed by atoms with E-state index in [1.807, 2.05) is 18.3 Å². The summed E-state index contributed by atoms with van der Waals surface area (Å²) in [6.45, 7) is 4.28. The molecule has 1 aromatic heterocycles. The van der Waals surface area contributed by atoms with E-state index in [2.05, 4.69) is 48.5 Å². The molecule has 2 aromatic rings. The monoisotopic (exact) mass is 255 g/mol. The third-order valence-corrected chi connectivity index (χ3v) is 3.64. The van der Waals surface area contributed by atoms with Crippen molar-refractivity contribution in [3.63, 3.8) is 0 Å². The molecule has 1 unspecified atom stereocenters. The maximum atomic E-state index is 5.72.